The van der Waals surface area contributed by atoms with Gasteiger partial charge in [0.1, 0.15) is 10.7 Å². The van der Waals surface area contributed by atoms with Crippen LogP contribution < -0.4 is 5.73 Å². The zero-order chi connectivity index (χ0) is 12.3. The highest BCUT2D eigenvalue weighted by Gasteiger charge is 2.15. The van der Waals surface area contributed by atoms with Crippen molar-refractivity contribution < 1.29 is 4.74 Å². The van der Waals surface area contributed by atoms with E-state index >= 15 is 0 Å². The van der Waals surface area contributed by atoms with Crippen molar-refractivity contribution in [3.8, 4) is 10.7 Å². The van der Waals surface area contributed by atoms with Crippen molar-refractivity contribution in [2.24, 2.45) is 5.73 Å². The van der Waals surface area contributed by atoms with Gasteiger partial charge >= 0.3 is 0 Å². The maximum absolute atomic E-state index is 5.92. The van der Waals surface area contributed by atoms with E-state index in [0.29, 0.717) is 6.61 Å². The van der Waals surface area contributed by atoms with E-state index in [1.807, 2.05) is 6.92 Å². The molecule has 0 radical (unpaired) electrons. The summed E-state index contributed by atoms with van der Waals surface area (Å²) in [4.78, 5) is 13.8. The second-order valence-corrected chi connectivity index (χ2v) is 4.67. The Morgan fingerprint density at radius 1 is 1.47 bits per heavy atom. The van der Waals surface area contributed by atoms with Gasteiger partial charge in [-0.05, 0) is 6.92 Å². The summed E-state index contributed by atoms with van der Waals surface area (Å²) in [5, 5.41) is 0.831. The smallest absolute Gasteiger partial charge is 0.144 e. The standard InChI is InChI=1S/C11H14N4OS/c1-7(12)10-9(6-16-2)15-11(17-10)8-5-13-3-4-14-8/h3-5,7H,6,12H2,1-2H3. The van der Waals surface area contributed by atoms with Crippen molar-refractivity contribution in [3.05, 3.63) is 29.2 Å². The van der Waals surface area contributed by atoms with Crippen molar-refractivity contribution in [1.82, 2.24) is 15.0 Å². The third-order valence-electron chi connectivity index (χ3n) is 2.20. The lowest BCUT2D eigenvalue weighted by Crippen LogP contribution is -2.06. The van der Waals surface area contributed by atoms with E-state index in [0.717, 1.165) is 21.3 Å². The minimum atomic E-state index is -0.0527. The molecule has 0 amide bonds. The monoisotopic (exact) mass is 250 g/mol. The van der Waals surface area contributed by atoms with E-state index in [1.54, 1.807) is 37.0 Å². The highest BCUT2D eigenvalue weighted by Crippen LogP contribution is 2.30. The number of thiazole rings is 1. The molecule has 0 aliphatic heterocycles. The topological polar surface area (TPSA) is 73.9 Å². The molecule has 1 unspecified atom stereocenters. The van der Waals surface area contributed by atoms with Crippen molar-refractivity contribution in [2.75, 3.05) is 7.11 Å². The number of nitrogens with zero attached hydrogens (tertiary/aromatic N) is 3. The maximum Gasteiger partial charge on any atom is 0.144 e. The third-order valence-corrected chi connectivity index (χ3v) is 3.53. The minimum Gasteiger partial charge on any atom is -0.378 e. The van der Waals surface area contributed by atoms with Gasteiger partial charge in [-0.2, -0.15) is 0 Å². The summed E-state index contributed by atoms with van der Waals surface area (Å²) in [5.74, 6) is 0. The molecule has 0 spiro atoms. The Hall–Kier alpha value is -1.37. The van der Waals surface area contributed by atoms with Crippen LogP contribution in [0.15, 0.2) is 18.6 Å². The highest BCUT2D eigenvalue weighted by atomic mass is 32.1. The van der Waals surface area contributed by atoms with Gasteiger partial charge in [0.15, 0.2) is 0 Å². The molecule has 2 rings (SSSR count). The lowest BCUT2D eigenvalue weighted by molar-refractivity contribution is 0.181. The number of ether oxygens (including phenoxy) is 1. The predicted octanol–water partition coefficient (Wildman–Crippen LogP) is 1.77. The largest absolute Gasteiger partial charge is 0.378 e. The van der Waals surface area contributed by atoms with Crippen LogP contribution in [0, 0.1) is 0 Å². The first-order chi connectivity index (χ1) is 8.22. The van der Waals surface area contributed by atoms with Crippen LogP contribution in [0.4, 0.5) is 0 Å². The molecule has 1 atom stereocenters. The van der Waals surface area contributed by atoms with Gasteiger partial charge in [-0.3, -0.25) is 9.97 Å². The van der Waals surface area contributed by atoms with Gasteiger partial charge in [-0.25, -0.2) is 4.98 Å². The van der Waals surface area contributed by atoms with Gasteiger partial charge < -0.3 is 10.5 Å². The van der Waals surface area contributed by atoms with Crippen LogP contribution in [0.25, 0.3) is 10.7 Å². The van der Waals surface area contributed by atoms with Crippen molar-refractivity contribution in [2.45, 2.75) is 19.6 Å². The van der Waals surface area contributed by atoms with E-state index in [9.17, 15) is 0 Å². The summed E-state index contributed by atoms with van der Waals surface area (Å²) in [6.07, 6.45) is 4.98. The van der Waals surface area contributed by atoms with E-state index in [-0.39, 0.29) is 6.04 Å². The zero-order valence-electron chi connectivity index (χ0n) is 9.75. The molecule has 0 bridgehead atoms. The Kier molecular flexibility index (Phi) is 3.78. The minimum absolute atomic E-state index is 0.0527. The summed E-state index contributed by atoms with van der Waals surface area (Å²) in [7, 11) is 1.65. The fourth-order valence-corrected chi connectivity index (χ4v) is 2.46. The van der Waals surface area contributed by atoms with Gasteiger partial charge in [0.25, 0.3) is 0 Å². The Bertz CT molecular complexity index is 483. The van der Waals surface area contributed by atoms with Crippen LogP contribution in [0.2, 0.25) is 0 Å². The fraction of sp³-hybridized carbons (Fsp3) is 0.364. The number of hydrogen-bond donors (Lipinski definition) is 1. The molecule has 0 saturated heterocycles. The predicted molar refractivity (Wildman–Crippen MR) is 66.5 cm³/mol. The average molecular weight is 250 g/mol. The van der Waals surface area contributed by atoms with E-state index in [1.165, 1.54) is 0 Å². The van der Waals surface area contributed by atoms with Gasteiger partial charge in [-0.1, -0.05) is 0 Å². The van der Waals surface area contributed by atoms with E-state index in [2.05, 4.69) is 15.0 Å². The van der Waals surface area contributed by atoms with Gasteiger partial charge in [0.05, 0.1) is 18.5 Å². The van der Waals surface area contributed by atoms with E-state index < -0.39 is 0 Å². The molecular weight excluding hydrogens is 236 g/mol. The molecule has 0 aromatic carbocycles. The molecule has 17 heavy (non-hydrogen) atoms. The molecule has 0 saturated carbocycles. The number of hydrogen-bond acceptors (Lipinski definition) is 6. The van der Waals surface area contributed by atoms with Crippen LogP contribution in [0.1, 0.15) is 23.5 Å². The van der Waals surface area contributed by atoms with Crippen LogP contribution in [-0.2, 0) is 11.3 Å². The number of rotatable bonds is 4. The second kappa shape index (κ2) is 5.31. The summed E-state index contributed by atoms with van der Waals surface area (Å²) in [6, 6.07) is -0.0527. The molecule has 2 aromatic rings. The summed E-state index contributed by atoms with van der Waals surface area (Å²) in [6.45, 7) is 2.40. The third kappa shape index (κ3) is 2.66. The second-order valence-electron chi connectivity index (χ2n) is 3.64. The summed E-state index contributed by atoms with van der Waals surface area (Å²) < 4.78 is 5.12. The fourth-order valence-electron chi connectivity index (χ4n) is 1.48. The average Bonchev–Trinajstić information content (AvgIpc) is 2.75. The van der Waals surface area contributed by atoms with Crippen LogP contribution >= 0.6 is 11.3 Å². The molecule has 0 aliphatic rings. The molecule has 90 valence electrons. The maximum atomic E-state index is 5.92. The van der Waals surface area contributed by atoms with Crippen LogP contribution in [0.5, 0.6) is 0 Å². The molecular formula is C11H14N4OS. The van der Waals surface area contributed by atoms with Gasteiger partial charge in [0.2, 0.25) is 0 Å². The lowest BCUT2D eigenvalue weighted by Gasteiger charge is -2.03. The Balaban J connectivity index is 2.40. The first-order valence-corrected chi connectivity index (χ1v) is 6.04. The SMILES string of the molecule is COCc1nc(-c2cnccn2)sc1C(C)N. The summed E-state index contributed by atoms with van der Waals surface area (Å²) in [5.41, 5.74) is 7.56. The molecule has 6 heteroatoms. The molecule has 2 N–H and O–H groups in total. The van der Waals surface area contributed by atoms with Crippen molar-refractivity contribution >= 4 is 11.3 Å². The molecule has 2 aromatic heterocycles. The Morgan fingerprint density at radius 2 is 2.29 bits per heavy atom. The number of nitrogens with two attached hydrogens (primary N) is 1. The Labute approximate surface area is 104 Å². The molecule has 0 fully saturated rings. The zero-order valence-corrected chi connectivity index (χ0v) is 10.6. The first-order valence-electron chi connectivity index (χ1n) is 5.23. The Morgan fingerprint density at radius 3 is 2.88 bits per heavy atom. The van der Waals surface area contributed by atoms with Crippen LogP contribution in [0.3, 0.4) is 0 Å². The van der Waals surface area contributed by atoms with Gasteiger partial charge in [-0.15, -0.1) is 11.3 Å². The normalized spacial score (nSPS) is 12.6. The molecule has 0 aliphatic carbocycles. The quantitative estimate of drug-likeness (QED) is 0.895. The van der Waals surface area contributed by atoms with Crippen molar-refractivity contribution in [3.63, 3.8) is 0 Å². The first kappa shape index (κ1) is 12.1. The highest BCUT2D eigenvalue weighted by molar-refractivity contribution is 7.15. The number of aromatic nitrogens is 3. The van der Waals surface area contributed by atoms with Gasteiger partial charge in [0, 0.05) is 30.4 Å². The van der Waals surface area contributed by atoms with Crippen LogP contribution in [-0.4, -0.2) is 22.1 Å². The van der Waals surface area contributed by atoms with Crippen molar-refractivity contribution in [1.29, 1.82) is 0 Å². The number of methoxy groups -OCH3 is 1. The lowest BCUT2D eigenvalue weighted by atomic mass is 10.2. The molecule has 5 nitrogen and oxygen atoms in total. The van der Waals surface area contributed by atoms with E-state index in [4.69, 9.17) is 10.5 Å². The molecule has 2 heterocycles. The summed E-state index contributed by atoms with van der Waals surface area (Å²) >= 11 is 1.54.